The van der Waals surface area contributed by atoms with Gasteiger partial charge < -0.3 is 4.74 Å². The van der Waals surface area contributed by atoms with E-state index in [9.17, 15) is 0 Å². The lowest BCUT2D eigenvalue weighted by molar-refractivity contribution is 0.304. The average Bonchev–Trinajstić information content (AvgIpc) is 2.48. The minimum Gasteiger partial charge on any atom is -0.489 e. The summed E-state index contributed by atoms with van der Waals surface area (Å²) in [5.74, 6) is 6.92. The number of benzene rings is 2. The highest BCUT2D eigenvalue weighted by atomic mass is 35.5. The number of hydrogen-bond donors (Lipinski definition) is 0. The third-order valence-corrected chi connectivity index (χ3v) is 3.88. The molecule has 21 heavy (non-hydrogen) atoms. The molecule has 4 heteroatoms. The number of ether oxygens (including phenoxy) is 1. The Morgan fingerprint density at radius 2 is 1.95 bits per heavy atom. The maximum Gasteiger partial charge on any atom is 0.122 e. The van der Waals surface area contributed by atoms with Crippen molar-refractivity contribution in [2.24, 2.45) is 0 Å². The van der Waals surface area contributed by atoms with E-state index in [1.807, 2.05) is 37.3 Å². The Hall–Kier alpha value is -1.33. The lowest BCUT2D eigenvalue weighted by Gasteiger charge is -2.11. The molecule has 1 nitrogen and oxygen atoms in total. The maximum absolute atomic E-state index is 6.14. The van der Waals surface area contributed by atoms with Crippen LogP contribution in [0.3, 0.4) is 0 Å². The Morgan fingerprint density at radius 1 is 1.14 bits per heavy atom. The Balaban J connectivity index is 2.12. The van der Waals surface area contributed by atoms with Gasteiger partial charge in [-0.25, -0.2) is 0 Å². The van der Waals surface area contributed by atoms with Crippen molar-refractivity contribution in [2.75, 3.05) is 5.88 Å². The molecule has 0 aliphatic rings. The van der Waals surface area contributed by atoms with Gasteiger partial charge in [-0.05, 0) is 36.8 Å². The summed E-state index contributed by atoms with van der Waals surface area (Å²) in [6.07, 6.45) is 0. The molecule has 0 amide bonds. The van der Waals surface area contributed by atoms with Gasteiger partial charge in [0.1, 0.15) is 12.4 Å². The molecule has 2 aromatic carbocycles. The summed E-state index contributed by atoms with van der Waals surface area (Å²) in [5, 5.41) is 1.06. The second-order valence-corrected chi connectivity index (χ2v) is 5.47. The molecule has 0 N–H and O–H groups in total. The molecular weight excluding hydrogens is 327 g/mol. The van der Waals surface area contributed by atoms with E-state index in [1.165, 1.54) is 0 Å². The fourth-order valence-corrected chi connectivity index (χ4v) is 2.28. The van der Waals surface area contributed by atoms with Crippen molar-refractivity contribution in [3.63, 3.8) is 0 Å². The van der Waals surface area contributed by atoms with E-state index < -0.39 is 0 Å². The standard InChI is InChI=1S/C17H13Cl3O/c1-12-10-13(4-3-9-18)7-8-16(12)21-11-14-5-2-6-15(19)17(14)20/h2,5-8,10H,9,11H2,1H3. The van der Waals surface area contributed by atoms with Crippen molar-refractivity contribution < 1.29 is 4.74 Å². The van der Waals surface area contributed by atoms with Gasteiger partial charge in [-0.2, -0.15) is 0 Å². The van der Waals surface area contributed by atoms with Crippen molar-refractivity contribution >= 4 is 34.8 Å². The molecule has 0 unspecified atom stereocenters. The molecule has 0 radical (unpaired) electrons. The van der Waals surface area contributed by atoms with Crippen LogP contribution in [0.5, 0.6) is 5.75 Å². The zero-order chi connectivity index (χ0) is 15.2. The minimum absolute atomic E-state index is 0.324. The van der Waals surface area contributed by atoms with Crippen LogP contribution in [0, 0.1) is 18.8 Å². The van der Waals surface area contributed by atoms with Gasteiger partial charge in [-0.3, -0.25) is 0 Å². The monoisotopic (exact) mass is 338 g/mol. The fourth-order valence-electron chi connectivity index (χ4n) is 1.84. The van der Waals surface area contributed by atoms with Gasteiger partial charge >= 0.3 is 0 Å². The highest BCUT2D eigenvalue weighted by molar-refractivity contribution is 6.42. The Kier molecular flexibility index (Phi) is 5.82. The predicted molar refractivity (Wildman–Crippen MR) is 89.6 cm³/mol. The van der Waals surface area contributed by atoms with E-state index in [1.54, 1.807) is 6.07 Å². The highest BCUT2D eigenvalue weighted by Crippen LogP contribution is 2.27. The van der Waals surface area contributed by atoms with Gasteiger partial charge in [-0.15, -0.1) is 11.6 Å². The van der Waals surface area contributed by atoms with Crippen LogP contribution in [0.1, 0.15) is 16.7 Å². The summed E-state index contributed by atoms with van der Waals surface area (Å²) in [6.45, 7) is 2.34. The summed E-state index contributed by atoms with van der Waals surface area (Å²) < 4.78 is 5.80. The molecule has 2 rings (SSSR count). The first-order valence-corrected chi connectivity index (χ1v) is 7.62. The van der Waals surface area contributed by atoms with Crippen molar-refractivity contribution in [3.05, 3.63) is 63.1 Å². The molecule has 0 aromatic heterocycles. The van der Waals surface area contributed by atoms with E-state index in [2.05, 4.69) is 11.8 Å². The lowest BCUT2D eigenvalue weighted by Crippen LogP contribution is -1.98. The molecule has 0 aliphatic carbocycles. The molecule has 0 aliphatic heterocycles. The number of alkyl halides is 1. The molecule has 108 valence electrons. The largest absolute Gasteiger partial charge is 0.489 e. The van der Waals surface area contributed by atoms with Gasteiger partial charge in [0.05, 0.1) is 15.9 Å². The molecule has 0 saturated heterocycles. The van der Waals surface area contributed by atoms with Gasteiger partial charge in [0, 0.05) is 11.1 Å². The first-order chi connectivity index (χ1) is 10.1. The van der Waals surface area contributed by atoms with E-state index in [0.717, 1.165) is 22.4 Å². The van der Waals surface area contributed by atoms with Crippen molar-refractivity contribution in [1.29, 1.82) is 0 Å². The molecule has 0 heterocycles. The Bertz CT molecular complexity index is 699. The van der Waals surface area contributed by atoms with Crippen molar-refractivity contribution in [1.82, 2.24) is 0 Å². The molecule has 0 fully saturated rings. The van der Waals surface area contributed by atoms with Gasteiger partial charge in [0.2, 0.25) is 0 Å². The smallest absolute Gasteiger partial charge is 0.122 e. The SMILES string of the molecule is Cc1cc(C#CCCl)ccc1OCc1cccc(Cl)c1Cl. The number of hydrogen-bond acceptors (Lipinski definition) is 1. The molecule has 0 saturated carbocycles. The zero-order valence-corrected chi connectivity index (χ0v) is 13.7. The molecule has 0 spiro atoms. The van der Waals surface area contributed by atoms with Crippen LogP contribution in [-0.4, -0.2) is 5.88 Å². The van der Waals surface area contributed by atoms with E-state index in [0.29, 0.717) is 22.5 Å². The van der Waals surface area contributed by atoms with Crippen LogP contribution >= 0.6 is 34.8 Å². The van der Waals surface area contributed by atoms with E-state index in [-0.39, 0.29) is 0 Å². The van der Waals surface area contributed by atoms with Gasteiger partial charge in [0.15, 0.2) is 0 Å². The zero-order valence-electron chi connectivity index (χ0n) is 11.4. The van der Waals surface area contributed by atoms with E-state index >= 15 is 0 Å². The van der Waals surface area contributed by atoms with Crippen LogP contribution in [0.25, 0.3) is 0 Å². The first-order valence-electron chi connectivity index (χ1n) is 6.33. The first kappa shape index (κ1) is 16.0. The van der Waals surface area contributed by atoms with Gasteiger partial charge in [-0.1, -0.05) is 47.2 Å². The summed E-state index contributed by atoms with van der Waals surface area (Å²) in [4.78, 5) is 0. The topological polar surface area (TPSA) is 9.23 Å². The molecule has 0 bridgehead atoms. The number of rotatable bonds is 3. The summed E-state index contributed by atoms with van der Waals surface area (Å²) in [6, 6.07) is 11.3. The second-order valence-electron chi connectivity index (χ2n) is 4.42. The lowest BCUT2D eigenvalue weighted by atomic mass is 10.1. The minimum atomic E-state index is 0.324. The normalized spacial score (nSPS) is 9.90. The molecule has 2 aromatic rings. The van der Waals surface area contributed by atoms with Crippen molar-refractivity contribution in [2.45, 2.75) is 13.5 Å². The maximum atomic E-state index is 6.14. The Labute approximate surface area is 139 Å². The van der Waals surface area contributed by atoms with Crippen molar-refractivity contribution in [3.8, 4) is 17.6 Å². The van der Waals surface area contributed by atoms with E-state index in [4.69, 9.17) is 39.5 Å². The van der Waals surface area contributed by atoms with Crippen LogP contribution in [-0.2, 0) is 6.61 Å². The fraction of sp³-hybridized carbons (Fsp3) is 0.176. The Morgan fingerprint density at radius 3 is 2.67 bits per heavy atom. The molecular formula is C17H13Cl3O. The van der Waals surface area contributed by atoms with Crippen LogP contribution in [0.2, 0.25) is 10.0 Å². The average molecular weight is 340 g/mol. The summed E-state index contributed by atoms with van der Waals surface area (Å²) in [5.41, 5.74) is 2.78. The van der Waals surface area contributed by atoms with Crippen LogP contribution in [0.15, 0.2) is 36.4 Å². The summed E-state index contributed by atoms with van der Waals surface area (Å²) in [7, 11) is 0. The summed E-state index contributed by atoms with van der Waals surface area (Å²) >= 11 is 17.7. The number of halogens is 3. The third-order valence-electron chi connectivity index (χ3n) is 2.89. The quantitative estimate of drug-likeness (QED) is 0.532. The number of aryl methyl sites for hydroxylation is 1. The third kappa shape index (κ3) is 4.32. The van der Waals surface area contributed by atoms with Gasteiger partial charge in [0.25, 0.3) is 0 Å². The molecule has 0 atom stereocenters. The second kappa shape index (κ2) is 7.61. The highest BCUT2D eigenvalue weighted by Gasteiger charge is 2.06. The predicted octanol–water partition coefficient (Wildman–Crippen LogP) is 5.47. The van der Waals surface area contributed by atoms with Crippen LogP contribution < -0.4 is 4.74 Å². The van der Waals surface area contributed by atoms with Crippen LogP contribution in [0.4, 0.5) is 0 Å².